The molecule has 2 amide bonds. The predicted molar refractivity (Wildman–Crippen MR) is 124 cm³/mol. The molecule has 164 valence electrons. The van der Waals surface area contributed by atoms with Crippen LogP contribution in [0.2, 0.25) is 0 Å². The summed E-state index contributed by atoms with van der Waals surface area (Å²) in [6.07, 6.45) is 0. The van der Waals surface area contributed by atoms with E-state index in [0.29, 0.717) is 23.5 Å². The summed E-state index contributed by atoms with van der Waals surface area (Å²) in [4.78, 5) is 37.0. The van der Waals surface area contributed by atoms with Crippen molar-refractivity contribution in [2.75, 3.05) is 24.3 Å². The van der Waals surface area contributed by atoms with E-state index in [1.807, 2.05) is 31.2 Å². The minimum atomic E-state index is -0.538. The van der Waals surface area contributed by atoms with Gasteiger partial charge in [-0.3, -0.25) is 9.59 Å². The van der Waals surface area contributed by atoms with Crippen LogP contribution in [0.1, 0.15) is 31.8 Å². The van der Waals surface area contributed by atoms with Gasteiger partial charge in [0.25, 0.3) is 5.91 Å². The molecule has 7 heteroatoms. The lowest BCUT2D eigenvalue weighted by Gasteiger charge is -2.13. The van der Waals surface area contributed by atoms with Crippen LogP contribution < -0.4 is 16.0 Å². The van der Waals surface area contributed by atoms with E-state index < -0.39 is 5.97 Å². The second kappa shape index (κ2) is 10.8. The molecule has 0 aromatic heterocycles. The van der Waals surface area contributed by atoms with Gasteiger partial charge in [-0.2, -0.15) is 0 Å². The Hall–Kier alpha value is -4.13. The van der Waals surface area contributed by atoms with Crippen LogP contribution in [0.3, 0.4) is 0 Å². The first-order valence-corrected chi connectivity index (χ1v) is 10.1. The van der Waals surface area contributed by atoms with Gasteiger partial charge < -0.3 is 20.7 Å². The van der Waals surface area contributed by atoms with E-state index in [1.54, 1.807) is 48.5 Å². The lowest BCUT2D eigenvalue weighted by molar-refractivity contribution is -0.114. The summed E-state index contributed by atoms with van der Waals surface area (Å²) in [5.74, 6) is -1.15. The quantitative estimate of drug-likeness (QED) is 0.472. The summed E-state index contributed by atoms with van der Waals surface area (Å²) in [7, 11) is 1.28. The maximum atomic E-state index is 12.7. The molecule has 0 aliphatic rings. The molecule has 3 aromatic carbocycles. The average molecular weight is 431 g/mol. The Morgan fingerprint density at radius 3 is 2.12 bits per heavy atom. The first-order chi connectivity index (χ1) is 15.5. The number of carbonyl (C=O) groups excluding carboxylic acids is 3. The third kappa shape index (κ3) is 5.95. The van der Waals surface area contributed by atoms with Gasteiger partial charge in [0, 0.05) is 12.2 Å². The maximum absolute atomic E-state index is 12.7. The van der Waals surface area contributed by atoms with E-state index in [0.717, 1.165) is 11.1 Å². The largest absolute Gasteiger partial charge is 0.465 e. The van der Waals surface area contributed by atoms with Crippen LogP contribution in [0.15, 0.2) is 72.8 Å². The molecule has 0 aliphatic carbocycles. The Kier molecular flexibility index (Phi) is 7.59. The lowest BCUT2D eigenvalue weighted by Crippen LogP contribution is -2.26. The zero-order chi connectivity index (χ0) is 22.9. The summed E-state index contributed by atoms with van der Waals surface area (Å²) < 4.78 is 4.74. The van der Waals surface area contributed by atoms with Crippen molar-refractivity contribution in [2.24, 2.45) is 0 Å². The predicted octanol–water partition coefficient (Wildman–Crippen LogP) is 3.76. The van der Waals surface area contributed by atoms with Crippen LogP contribution >= 0.6 is 0 Å². The van der Waals surface area contributed by atoms with Crippen molar-refractivity contribution < 1.29 is 19.1 Å². The molecule has 3 aromatic rings. The Balaban J connectivity index is 1.61. The molecule has 0 bridgehead atoms. The van der Waals surface area contributed by atoms with Crippen molar-refractivity contribution in [2.45, 2.75) is 13.5 Å². The Morgan fingerprint density at radius 2 is 1.44 bits per heavy atom. The normalized spacial score (nSPS) is 10.2. The Labute approximate surface area is 186 Å². The van der Waals surface area contributed by atoms with Crippen molar-refractivity contribution in [3.63, 3.8) is 0 Å². The first-order valence-electron chi connectivity index (χ1n) is 10.1. The van der Waals surface area contributed by atoms with Crippen LogP contribution in [0.5, 0.6) is 0 Å². The molecule has 0 aliphatic heterocycles. The number of para-hydroxylation sites is 2. The lowest BCUT2D eigenvalue weighted by atomic mass is 10.1. The minimum absolute atomic E-state index is 0.0856. The fourth-order valence-electron chi connectivity index (χ4n) is 3.07. The smallest absolute Gasteiger partial charge is 0.339 e. The Morgan fingerprint density at radius 1 is 0.812 bits per heavy atom. The molecule has 0 spiro atoms. The maximum Gasteiger partial charge on any atom is 0.339 e. The van der Waals surface area contributed by atoms with E-state index in [2.05, 4.69) is 16.0 Å². The van der Waals surface area contributed by atoms with Gasteiger partial charge in [-0.05, 0) is 36.8 Å². The van der Waals surface area contributed by atoms with Gasteiger partial charge >= 0.3 is 5.97 Å². The summed E-state index contributed by atoms with van der Waals surface area (Å²) >= 11 is 0. The summed E-state index contributed by atoms with van der Waals surface area (Å²) in [5, 5.41) is 8.58. The van der Waals surface area contributed by atoms with Crippen molar-refractivity contribution >= 4 is 29.2 Å². The molecule has 0 radical (unpaired) electrons. The van der Waals surface area contributed by atoms with Crippen LogP contribution in [0.25, 0.3) is 0 Å². The third-order valence-electron chi connectivity index (χ3n) is 4.79. The third-order valence-corrected chi connectivity index (χ3v) is 4.79. The zero-order valence-electron chi connectivity index (χ0n) is 18.0. The van der Waals surface area contributed by atoms with Crippen molar-refractivity contribution in [1.82, 2.24) is 5.32 Å². The molecule has 7 nitrogen and oxygen atoms in total. The first kappa shape index (κ1) is 22.6. The van der Waals surface area contributed by atoms with Crippen LogP contribution in [-0.2, 0) is 16.1 Å². The summed E-state index contributed by atoms with van der Waals surface area (Å²) in [5.41, 5.74) is 3.74. The number of nitrogens with one attached hydrogen (secondary N) is 3. The number of esters is 1. The highest BCUT2D eigenvalue weighted by Gasteiger charge is 2.15. The molecular weight excluding hydrogens is 406 g/mol. The van der Waals surface area contributed by atoms with Crippen LogP contribution in [0.4, 0.5) is 11.4 Å². The van der Waals surface area contributed by atoms with Gasteiger partial charge in [-0.25, -0.2) is 4.79 Å². The number of benzene rings is 3. The number of carbonyl (C=O) groups is 3. The topological polar surface area (TPSA) is 96.5 Å². The number of hydrogen-bond donors (Lipinski definition) is 3. The van der Waals surface area contributed by atoms with E-state index in [9.17, 15) is 14.4 Å². The number of ether oxygens (including phenoxy) is 1. The highest BCUT2D eigenvalue weighted by Crippen LogP contribution is 2.17. The molecule has 3 rings (SSSR count). The van der Waals surface area contributed by atoms with Crippen molar-refractivity contribution in [3.05, 3.63) is 95.1 Å². The van der Waals surface area contributed by atoms with Gasteiger partial charge in [0.15, 0.2) is 0 Å². The van der Waals surface area contributed by atoms with E-state index in [4.69, 9.17) is 4.74 Å². The van der Waals surface area contributed by atoms with Crippen LogP contribution in [-0.4, -0.2) is 31.4 Å². The fraction of sp³-hybridized carbons (Fsp3) is 0.160. The second-order valence-corrected chi connectivity index (χ2v) is 7.15. The van der Waals surface area contributed by atoms with Gasteiger partial charge in [0.1, 0.15) is 0 Å². The number of methoxy groups -OCH3 is 1. The average Bonchev–Trinajstić information content (AvgIpc) is 2.82. The molecule has 0 unspecified atom stereocenters. The molecular formula is C25H25N3O4. The van der Waals surface area contributed by atoms with Gasteiger partial charge in [0.2, 0.25) is 5.91 Å². The molecule has 32 heavy (non-hydrogen) atoms. The number of amides is 2. The van der Waals surface area contributed by atoms with Gasteiger partial charge in [-0.1, -0.05) is 54.1 Å². The van der Waals surface area contributed by atoms with Crippen molar-refractivity contribution in [1.29, 1.82) is 0 Å². The molecule has 3 N–H and O–H groups in total. The molecule has 0 saturated heterocycles. The highest BCUT2D eigenvalue weighted by molar-refractivity contribution is 6.03. The zero-order valence-corrected chi connectivity index (χ0v) is 18.0. The minimum Gasteiger partial charge on any atom is -0.465 e. The molecule has 0 saturated carbocycles. The molecule has 0 atom stereocenters. The monoisotopic (exact) mass is 431 g/mol. The van der Waals surface area contributed by atoms with Gasteiger partial charge in [-0.15, -0.1) is 0 Å². The fourth-order valence-corrected chi connectivity index (χ4v) is 3.07. The molecule has 0 fully saturated rings. The summed E-state index contributed by atoms with van der Waals surface area (Å²) in [6, 6.07) is 21.5. The Bertz CT molecular complexity index is 1110. The number of rotatable bonds is 8. The summed E-state index contributed by atoms with van der Waals surface area (Å²) in [6.45, 7) is 2.32. The van der Waals surface area contributed by atoms with E-state index >= 15 is 0 Å². The number of hydrogen-bond acceptors (Lipinski definition) is 5. The standard InChI is InChI=1S/C25H25N3O4/c1-17-11-13-18(14-12-17)15-27-24(30)19-7-3-5-9-21(19)26-16-23(29)28-22-10-6-4-8-20(22)25(31)32-2/h3-14,26H,15-16H2,1-2H3,(H,27,30)(H,28,29). The highest BCUT2D eigenvalue weighted by atomic mass is 16.5. The van der Waals surface area contributed by atoms with E-state index in [1.165, 1.54) is 7.11 Å². The van der Waals surface area contributed by atoms with Crippen molar-refractivity contribution in [3.8, 4) is 0 Å². The number of anilines is 2. The molecule has 0 heterocycles. The van der Waals surface area contributed by atoms with Crippen LogP contribution in [0, 0.1) is 6.92 Å². The second-order valence-electron chi connectivity index (χ2n) is 7.15. The van der Waals surface area contributed by atoms with E-state index in [-0.39, 0.29) is 23.9 Å². The SMILES string of the molecule is COC(=O)c1ccccc1NC(=O)CNc1ccccc1C(=O)NCc1ccc(C)cc1. The number of aryl methyl sites for hydroxylation is 1. The van der Waals surface area contributed by atoms with Gasteiger partial charge in [0.05, 0.1) is 30.5 Å².